The van der Waals surface area contributed by atoms with Gasteiger partial charge in [-0.3, -0.25) is 9.59 Å². The average Bonchev–Trinajstić information content (AvgIpc) is 2.25. The van der Waals surface area contributed by atoms with Crippen molar-refractivity contribution in [3.05, 3.63) is 34.3 Å². The molecule has 0 radical (unpaired) electrons. The van der Waals surface area contributed by atoms with Crippen molar-refractivity contribution < 1.29 is 9.59 Å². The summed E-state index contributed by atoms with van der Waals surface area (Å²) >= 11 is 3.32. The van der Waals surface area contributed by atoms with Crippen LogP contribution in [0.1, 0.15) is 12.5 Å². The Balaban J connectivity index is 2.78. The van der Waals surface area contributed by atoms with Crippen molar-refractivity contribution in [2.75, 3.05) is 0 Å². The van der Waals surface area contributed by atoms with Crippen LogP contribution in [0.3, 0.4) is 0 Å². The lowest BCUT2D eigenvalue weighted by molar-refractivity contribution is -0.137. The van der Waals surface area contributed by atoms with Crippen LogP contribution in [0.2, 0.25) is 0 Å². The minimum absolute atomic E-state index is 0.580. The summed E-state index contributed by atoms with van der Waals surface area (Å²) in [5.41, 5.74) is 8.23. The van der Waals surface area contributed by atoms with Gasteiger partial charge < -0.3 is 5.73 Å². The quantitative estimate of drug-likeness (QED) is 0.477. The topological polar surface area (TPSA) is 84.6 Å². The second kappa shape index (κ2) is 5.41. The van der Waals surface area contributed by atoms with Crippen LogP contribution in [0.4, 0.5) is 0 Å². The van der Waals surface area contributed by atoms with E-state index in [1.54, 1.807) is 6.92 Å². The fraction of sp³-hybridized carbons (Fsp3) is 0.100. The molecule has 5 nitrogen and oxygen atoms in total. The van der Waals surface area contributed by atoms with Crippen LogP contribution in [-0.4, -0.2) is 17.5 Å². The molecule has 2 amide bonds. The highest BCUT2D eigenvalue weighted by Gasteiger charge is 2.06. The third kappa shape index (κ3) is 3.47. The van der Waals surface area contributed by atoms with Crippen molar-refractivity contribution in [1.29, 1.82) is 0 Å². The Kier molecular flexibility index (Phi) is 4.19. The molecule has 1 aromatic carbocycles. The highest BCUT2D eigenvalue weighted by Crippen LogP contribution is 2.12. The molecule has 0 aliphatic heterocycles. The number of halogens is 1. The number of hydrogen-bond acceptors (Lipinski definition) is 3. The van der Waals surface area contributed by atoms with E-state index in [1.807, 2.05) is 24.3 Å². The number of hydrogen-bond donors (Lipinski definition) is 2. The van der Waals surface area contributed by atoms with Crippen LogP contribution in [0.25, 0.3) is 0 Å². The van der Waals surface area contributed by atoms with Crippen molar-refractivity contribution >= 4 is 33.5 Å². The lowest BCUT2D eigenvalue weighted by atomic mass is 10.1. The van der Waals surface area contributed by atoms with E-state index < -0.39 is 11.8 Å². The monoisotopic (exact) mass is 283 g/mol. The van der Waals surface area contributed by atoms with Gasteiger partial charge in [0.05, 0.1) is 5.71 Å². The summed E-state index contributed by atoms with van der Waals surface area (Å²) in [7, 11) is 0. The molecule has 1 aromatic rings. The third-order valence-corrected chi connectivity index (χ3v) is 2.28. The Morgan fingerprint density at radius 3 is 2.69 bits per heavy atom. The van der Waals surface area contributed by atoms with Gasteiger partial charge in [-0.2, -0.15) is 5.10 Å². The number of primary amides is 1. The van der Waals surface area contributed by atoms with Gasteiger partial charge in [0.2, 0.25) is 0 Å². The lowest BCUT2D eigenvalue weighted by Gasteiger charge is -2.01. The van der Waals surface area contributed by atoms with Gasteiger partial charge in [-0.05, 0) is 24.6 Å². The number of amides is 2. The van der Waals surface area contributed by atoms with Gasteiger partial charge in [-0.15, -0.1) is 0 Å². The van der Waals surface area contributed by atoms with E-state index in [0.717, 1.165) is 10.0 Å². The number of nitrogens with one attached hydrogen (secondary N) is 1. The molecule has 0 unspecified atom stereocenters. The number of rotatable bonds is 2. The minimum Gasteiger partial charge on any atom is -0.361 e. The summed E-state index contributed by atoms with van der Waals surface area (Å²) in [6, 6.07) is 7.39. The van der Waals surface area contributed by atoms with Crippen molar-refractivity contribution in [3.8, 4) is 0 Å². The SMILES string of the molecule is C/C(=N/NC(=O)C(N)=O)c1cccc(Br)c1. The van der Waals surface area contributed by atoms with Gasteiger partial charge in [0.15, 0.2) is 0 Å². The number of carbonyl (C=O) groups excluding carboxylic acids is 2. The number of hydrazone groups is 1. The first-order chi connectivity index (χ1) is 7.50. The first kappa shape index (κ1) is 12.4. The molecule has 6 heteroatoms. The van der Waals surface area contributed by atoms with Crippen LogP contribution in [0.5, 0.6) is 0 Å². The van der Waals surface area contributed by atoms with Gasteiger partial charge in [0, 0.05) is 4.47 Å². The summed E-state index contributed by atoms with van der Waals surface area (Å²) in [4.78, 5) is 21.3. The van der Waals surface area contributed by atoms with Crippen LogP contribution in [0.15, 0.2) is 33.8 Å². The molecule has 0 bridgehead atoms. The summed E-state index contributed by atoms with van der Waals surface area (Å²) in [6.07, 6.45) is 0. The molecule has 0 aliphatic rings. The summed E-state index contributed by atoms with van der Waals surface area (Å²) in [5.74, 6) is -2.00. The maximum absolute atomic E-state index is 10.8. The predicted octanol–water partition coefficient (Wildman–Crippen LogP) is 0.775. The second-order valence-corrected chi connectivity index (χ2v) is 3.93. The van der Waals surface area contributed by atoms with Gasteiger partial charge in [-0.1, -0.05) is 28.1 Å². The van der Waals surface area contributed by atoms with Gasteiger partial charge in [0.1, 0.15) is 0 Å². The van der Waals surface area contributed by atoms with Gasteiger partial charge in [-0.25, -0.2) is 5.43 Å². The first-order valence-corrected chi connectivity index (χ1v) is 5.20. The van der Waals surface area contributed by atoms with Crippen LogP contribution < -0.4 is 11.2 Å². The molecule has 0 aliphatic carbocycles. The van der Waals surface area contributed by atoms with Crippen molar-refractivity contribution in [2.24, 2.45) is 10.8 Å². The number of nitrogens with zero attached hydrogens (tertiary/aromatic N) is 1. The molecule has 0 spiro atoms. The van der Waals surface area contributed by atoms with E-state index in [1.165, 1.54) is 0 Å². The van der Waals surface area contributed by atoms with E-state index in [4.69, 9.17) is 5.73 Å². The molecule has 1 rings (SSSR count). The Hall–Kier alpha value is -1.69. The van der Waals surface area contributed by atoms with E-state index in [0.29, 0.717) is 5.71 Å². The molecular formula is C10H10BrN3O2. The van der Waals surface area contributed by atoms with Crippen LogP contribution >= 0.6 is 15.9 Å². The number of carbonyl (C=O) groups is 2. The smallest absolute Gasteiger partial charge is 0.329 e. The number of nitrogens with two attached hydrogens (primary N) is 1. The zero-order valence-electron chi connectivity index (χ0n) is 8.53. The van der Waals surface area contributed by atoms with Crippen LogP contribution in [-0.2, 0) is 9.59 Å². The van der Waals surface area contributed by atoms with Crippen molar-refractivity contribution in [1.82, 2.24) is 5.43 Å². The van der Waals surface area contributed by atoms with Crippen molar-refractivity contribution in [2.45, 2.75) is 6.92 Å². The highest BCUT2D eigenvalue weighted by molar-refractivity contribution is 9.10. The Labute approximate surface area is 101 Å². The third-order valence-electron chi connectivity index (χ3n) is 1.79. The summed E-state index contributed by atoms with van der Waals surface area (Å²) in [6.45, 7) is 1.71. The van der Waals surface area contributed by atoms with E-state index in [2.05, 4.69) is 26.5 Å². The standard InChI is InChI=1S/C10H10BrN3O2/c1-6(13-14-10(16)9(12)15)7-3-2-4-8(11)5-7/h2-5H,1H3,(H2,12,15)(H,14,16)/b13-6-. The van der Waals surface area contributed by atoms with Crippen LogP contribution in [0, 0.1) is 0 Å². The highest BCUT2D eigenvalue weighted by atomic mass is 79.9. The fourth-order valence-electron chi connectivity index (χ4n) is 0.968. The Bertz CT molecular complexity index is 457. The van der Waals surface area contributed by atoms with Gasteiger partial charge >= 0.3 is 11.8 Å². The van der Waals surface area contributed by atoms with E-state index in [9.17, 15) is 9.59 Å². The van der Waals surface area contributed by atoms with Gasteiger partial charge in [0.25, 0.3) is 0 Å². The Morgan fingerprint density at radius 2 is 2.12 bits per heavy atom. The zero-order chi connectivity index (χ0) is 12.1. The molecule has 3 N–H and O–H groups in total. The minimum atomic E-state index is -1.06. The molecule has 0 heterocycles. The molecule has 0 atom stereocenters. The van der Waals surface area contributed by atoms with Crippen molar-refractivity contribution in [3.63, 3.8) is 0 Å². The summed E-state index contributed by atoms with van der Waals surface area (Å²) < 4.78 is 0.903. The number of benzene rings is 1. The average molecular weight is 284 g/mol. The largest absolute Gasteiger partial charge is 0.361 e. The molecule has 0 fully saturated rings. The normalized spacial score (nSPS) is 11.0. The van der Waals surface area contributed by atoms with E-state index in [-0.39, 0.29) is 0 Å². The first-order valence-electron chi connectivity index (χ1n) is 4.40. The molecule has 0 saturated carbocycles. The molecule has 84 valence electrons. The molecule has 0 saturated heterocycles. The molecule has 16 heavy (non-hydrogen) atoms. The maximum Gasteiger partial charge on any atom is 0.329 e. The molecular weight excluding hydrogens is 274 g/mol. The predicted molar refractivity (Wildman–Crippen MR) is 63.7 cm³/mol. The molecule has 0 aromatic heterocycles. The Morgan fingerprint density at radius 1 is 1.44 bits per heavy atom. The maximum atomic E-state index is 10.8. The van der Waals surface area contributed by atoms with E-state index >= 15 is 0 Å². The fourth-order valence-corrected chi connectivity index (χ4v) is 1.37. The lowest BCUT2D eigenvalue weighted by Crippen LogP contribution is -2.33. The second-order valence-electron chi connectivity index (χ2n) is 3.01. The zero-order valence-corrected chi connectivity index (χ0v) is 10.1. The summed E-state index contributed by atoms with van der Waals surface area (Å²) in [5, 5.41) is 3.75.